The van der Waals surface area contributed by atoms with E-state index in [1.807, 2.05) is 19.0 Å². The summed E-state index contributed by atoms with van der Waals surface area (Å²) in [5.74, 6) is -0.889. The number of aliphatic hydroxyl groups is 1. The third-order valence-electron chi connectivity index (χ3n) is 4.52. The van der Waals surface area contributed by atoms with Gasteiger partial charge in [-0.05, 0) is 62.2 Å². The van der Waals surface area contributed by atoms with E-state index in [1.165, 1.54) is 5.56 Å². The largest absolute Gasteiger partial charge is 0.478 e. The molecule has 0 heterocycles. The molecule has 0 aliphatic carbocycles. The number of anilines is 1. The van der Waals surface area contributed by atoms with E-state index in [-0.39, 0.29) is 0 Å². The fourth-order valence-electron chi connectivity index (χ4n) is 2.71. The van der Waals surface area contributed by atoms with E-state index in [0.717, 1.165) is 44.6 Å². The molecule has 2 aromatic carbocycles. The van der Waals surface area contributed by atoms with Crippen molar-refractivity contribution in [2.75, 3.05) is 45.2 Å². The molecule has 0 amide bonds. The summed E-state index contributed by atoms with van der Waals surface area (Å²) in [6.07, 6.45) is 3.13. The Hall–Kier alpha value is -2.37. The molecular weight excluding hydrogens is 352 g/mol. The molecule has 0 unspecified atom stereocenters. The lowest BCUT2D eigenvalue weighted by atomic mass is 10.1. The summed E-state index contributed by atoms with van der Waals surface area (Å²) in [6, 6.07) is 17.4. The third-order valence-corrected chi connectivity index (χ3v) is 4.52. The molecule has 0 fully saturated rings. The number of carboxylic acid groups (broad SMARTS) is 1. The Labute approximate surface area is 169 Å². The Morgan fingerprint density at radius 2 is 1.57 bits per heavy atom. The van der Waals surface area contributed by atoms with Crippen molar-refractivity contribution in [3.05, 3.63) is 65.7 Å². The number of hydrogen-bond donors (Lipinski definition) is 2. The Bertz CT molecular complexity index is 657. The van der Waals surface area contributed by atoms with Crippen LogP contribution in [0.1, 0.15) is 35.7 Å². The highest BCUT2D eigenvalue weighted by molar-refractivity contribution is 5.88. The summed E-state index contributed by atoms with van der Waals surface area (Å²) in [4.78, 5) is 14.8. The van der Waals surface area contributed by atoms with Crippen LogP contribution in [-0.4, -0.2) is 61.4 Å². The van der Waals surface area contributed by atoms with Gasteiger partial charge in [-0.2, -0.15) is 0 Å². The van der Waals surface area contributed by atoms with Gasteiger partial charge in [0.2, 0.25) is 0 Å². The van der Waals surface area contributed by atoms with Gasteiger partial charge in [0.1, 0.15) is 0 Å². The number of nitrogens with zero attached hydrogens (tertiary/aromatic N) is 2. The molecule has 0 aromatic heterocycles. The topological polar surface area (TPSA) is 64.0 Å². The monoisotopic (exact) mass is 386 g/mol. The molecule has 2 rings (SSSR count). The number of likely N-dealkylation sites (N-methyl/N-ethyl adjacent to an activating group) is 1. The molecule has 0 aliphatic rings. The van der Waals surface area contributed by atoms with Gasteiger partial charge in [-0.15, -0.1) is 0 Å². The lowest BCUT2D eigenvalue weighted by molar-refractivity contribution is 0.0697. The third kappa shape index (κ3) is 9.53. The molecule has 154 valence electrons. The van der Waals surface area contributed by atoms with Crippen LogP contribution in [0.4, 0.5) is 5.69 Å². The van der Waals surface area contributed by atoms with Crippen LogP contribution in [0.25, 0.3) is 0 Å². The normalized spacial score (nSPS) is 10.3. The minimum Gasteiger partial charge on any atom is -0.478 e. The summed E-state index contributed by atoms with van der Waals surface area (Å²) < 4.78 is 0. The quantitative estimate of drug-likeness (QED) is 0.609. The van der Waals surface area contributed by atoms with Gasteiger partial charge in [-0.25, -0.2) is 4.79 Å². The molecule has 2 aromatic rings. The summed E-state index contributed by atoms with van der Waals surface area (Å²) in [5, 5.41) is 17.3. The number of unbranched alkanes of at least 4 members (excludes halogenated alkanes) is 1. The summed E-state index contributed by atoms with van der Waals surface area (Å²) in [5.41, 5.74) is 2.73. The maximum Gasteiger partial charge on any atom is 0.335 e. The maximum absolute atomic E-state index is 10.5. The number of carbonyl (C=O) groups is 1. The van der Waals surface area contributed by atoms with E-state index >= 15 is 0 Å². The minimum absolute atomic E-state index is 0.316. The fourth-order valence-corrected chi connectivity index (χ4v) is 2.71. The van der Waals surface area contributed by atoms with Crippen molar-refractivity contribution in [2.24, 2.45) is 0 Å². The van der Waals surface area contributed by atoms with Crippen molar-refractivity contribution in [1.82, 2.24) is 4.90 Å². The van der Waals surface area contributed by atoms with E-state index in [4.69, 9.17) is 10.2 Å². The van der Waals surface area contributed by atoms with Crippen molar-refractivity contribution in [1.29, 1.82) is 0 Å². The van der Waals surface area contributed by atoms with Gasteiger partial charge in [0, 0.05) is 32.9 Å². The highest BCUT2D eigenvalue weighted by Crippen LogP contribution is 2.11. The van der Waals surface area contributed by atoms with Gasteiger partial charge in [0.25, 0.3) is 0 Å². The van der Waals surface area contributed by atoms with E-state index in [2.05, 4.69) is 42.2 Å². The first-order valence-electron chi connectivity index (χ1n) is 9.85. The van der Waals surface area contributed by atoms with Crippen LogP contribution in [0.3, 0.4) is 0 Å². The van der Waals surface area contributed by atoms with Gasteiger partial charge >= 0.3 is 5.97 Å². The number of carboxylic acids is 1. The average Bonchev–Trinajstić information content (AvgIpc) is 2.72. The van der Waals surface area contributed by atoms with Crippen LogP contribution < -0.4 is 4.90 Å². The average molecular weight is 387 g/mol. The van der Waals surface area contributed by atoms with Crippen molar-refractivity contribution in [3.63, 3.8) is 0 Å². The van der Waals surface area contributed by atoms with Crippen LogP contribution in [0.5, 0.6) is 0 Å². The zero-order valence-electron chi connectivity index (χ0n) is 17.3. The van der Waals surface area contributed by atoms with Gasteiger partial charge in [-0.3, -0.25) is 0 Å². The molecule has 0 aliphatic heterocycles. The molecule has 5 heteroatoms. The Kier molecular flexibility index (Phi) is 11.6. The number of rotatable bonds is 10. The number of hydrogen-bond acceptors (Lipinski definition) is 4. The minimum atomic E-state index is -0.889. The fraction of sp³-hybridized carbons (Fsp3) is 0.435. The maximum atomic E-state index is 10.5. The van der Waals surface area contributed by atoms with Crippen LogP contribution in [-0.2, 0) is 6.42 Å². The molecule has 0 radical (unpaired) electrons. The number of aliphatic hydroxyl groups excluding tert-OH is 1. The van der Waals surface area contributed by atoms with Crippen LogP contribution in [0.15, 0.2) is 54.6 Å². The lowest BCUT2D eigenvalue weighted by Crippen LogP contribution is -2.27. The number of benzene rings is 2. The molecule has 28 heavy (non-hydrogen) atoms. The van der Waals surface area contributed by atoms with Crippen LogP contribution >= 0.6 is 0 Å². The van der Waals surface area contributed by atoms with Crippen LogP contribution in [0, 0.1) is 0 Å². The number of aromatic carboxylic acids is 1. The standard InChI is InChI=1S/C14H23NO.C9H11NO2/c1-2-15(11-6-7-13-16)12-10-14-8-4-3-5-9-14;1-10(2)8-5-3-7(4-6-8)9(11)12/h3-5,8-9,16H,2,6-7,10-13H2,1H3;3-6H,1-2H3,(H,11,12). The zero-order chi connectivity index (χ0) is 20.8. The van der Waals surface area contributed by atoms with Gasteiger partial charge in [-0.1, -0.05) is 37.3 Å². The van der Waals surface area contributed by atoms with Crippen LogP contribution in [0.2, 0.25) is 0 Å². The Balaban J connectivity index is 0.000000292. The predicted molar refractivity (Wildman–Crippen MR) is 116 cm³/mol. The molecular formula is C23H34N2O3. The summed E-state index contributed by atoms with van der Waals surface area (Å²) in [7, 11) is 3.82. The van der Waals surface area contributed by atoms with E-state index in [0.29, 0.717) is 12.2 Å². The zero-order valence-corrected chi connectivity index (χ0v) is 17.3. The first kappa shape index (κ1) is 23.7. The van der Waals surface area contributed by atoms with Gasteiger partial charge < -0.3 is 20.0 Å². The second-order valence-electron chi connectivity index (χ2n) is 6.85. The molecule has 0 atom stereocenters. The predicted octanol–water partition coefficient (Wildman–Crippen LogP) is 3.77. The first-order valence-corrected chi connectivity index (χ1v) is 9.85. The van der Waals surface area contributed by atoms with Crippen molar-refractivity contribution in [2.45, 2.75) is 26.2 Å². The molecule has 2 N–H and O–H groups in total. The molecule has 0 saturated heterocycles. The van der Waals surface area contributed by atoms with E-state index in [1.54, 1.807) is 24.3 Å². The Morgan fingerprint density at radius 3 is 2.07 bits per heavy atom. The van der Waals surface area contributed by atoms with E-state index in [9.17, 15) is 4.79 Å². The van der Waals surface area contributed by atoms with Crippen molar-refractivity contribution < 1.29 is 15.0 Å². The summed E-state index contributed by atoms with van der Waals surface area (Å²) >= 11 is 0. The Morgan fingerprint density at radius 1 is 0.929 bits per heavy atom. The van der Waals surface area contributed by atoms with Gasteiger partial charge in [0.05, 0.1) is 5.56 Å². The van der Waals surface area contributed by atoms with E-state index < -0.39 is 5.97 Å². The molecule has 0 spiro atoms. The highest BCUT2D eigenvalue weighted by atomic mass is 16.4. The second kappa shape index (κ2) is 13.7. The second-order valence-corrected chi connectivity index (χ2v) is 6.85. The SMILES string of the molecule is CCN(CCCCO)CCc1ccccc1.CN(C)c1ccc(C(=O)O)cc1. The van der Waals surface area contributed by atoms with Gasteiger partial charge in [0.15, 0.2) is 0 Å². The van der Waals surface area contributed by atoms with Crippen molar-refractivity contribution >= 4 is 11.7 Å². The molecule has 0 saturated carbocycles. The highest BCUT2D eigenvalue weighted by Gasteiger charge is 2.02. The first-order chi connectivity index (χ1) is 13.5. The van der Waals surface area contributed by atoms with Crippen molar-refractivity contribution in [3.8, 4) is 0 Å². The summed E-state index contributed by atoms with van der Waals surface area (Å²) in [6.45, 7) is 5.83. The molecule has 0 bridgehead atoms. The lowest BCUT2D eigenvalue weighted by Gasteiger charge is -2.20. The smallest absolute Gasteiger partial charge is 0.335 e. The molecule has 5 nitrogen and oxygen atoms in total.